The fourth-order valence-electron chi connectivity index (χ4n) is 6.87. The highest BCUT2D eigenvalue weighted by atomic mass is 16.6. The highest BCUT2D eigenvalue weighted by Crippen LogP contribution is 2.41. The van der Waals surface area contributed by atoms with E-state index in [1.54, 1.807) is 35.9 Å². The van der Waals surface area contributed by atoms with E-state index >= 15 is 0 Å². The maximum atomic E-state index is 13.3. The van der Waals surface area contributed by atoms with Gasteiger partial charge in [-0.05, 0) is 70.0 Å². The number of amides is 2. The van der Waals surface area contributed by atoms with E-state index in [0.717, 1.165) is 46.0 Å². The number of aromatic nitrogens is 5. The molecule has 0 aliphatic carbocycles. The van der Waals surface area contributed by atoms with E-state index in [1.165, 1.54) is 0 Å². The number of methoxy groups -OCH3 is 2. The molecule has 2 amide bonds. The summed E-state index contributed by atoms with van der Waals surface area (Å²) < 4.78 is 20.7. The molecule has 7 rings (SSSR count). The first-order valence-corrected chi connectivity index (χ1v) is 18.3. The minimum atomic E-state index is -0.619. The first kappa shape index (κ1) is 37.0. The summed E-state index contributed by atoms with van der Waals surface area (Å²) in [4.78, 5) is 33.3. The summed E-state index contributed by atoms with van der Waals surface area (Å²) in [6, 6.07) is 22.3. The lowest BCUT2D eigenvalue weighted by molar-refractivity contribution is 0.0169. The molecule has 0 spiro atoms. The Bertz CT molecular complexity index is 2310. The Morgan fingerprint density at radius 2 is 1.73 bits per heavy atom. The van der Waals surface area contributed by atoms with Crippen LogP contribution in [0.15, 0.2) is 91.4 Å². The van der Waals surface area contributed by atoms with Crippen LogP contribution in [0.3, 0.4) is 0 Å². The molecule has 0 saturated carbocycles. The summed E-state index contributed by atoms with van der Waals surface area (Å²) in [7, 11) is 5.13. The average molecular weight is 743 g/mol. The van der Waals surface area contributed by atoms with Gasteiger partial charge < -0.3 is 29.7 Å². The van der Waals surface area contributed by atoms with Crippen LogP contribution in [0.5, 0.6) is 11.5 Å². The molecule has 1 atom stereocenters. The summed E-state index contributed by atoms with van der Waals surface area (Å²) in [5, 5.41) is 17.2. The Labute approximate surface area is 320 Å². The number of aryl methyl sites for hydroxylation is 1. The molecule has 1 aliphatic rings. The van der Waals surface area contributed by atoms with Gasteiger partial charge in [-0.1, -0.05) is 30.3 Å². The number of nitrogens with one attached hydrogen (secondary N) is 2. The number of ether oxygens (including phenoxy) is 3. The van der Waals surface area contributed by atoms with Gasteiger partial charge in [0, 0.05) is 78.6 Å². The highest BCUT2D eigenvalue weighted by molar-refractivity contribution is 6.08. The molecule has 55 heavy (non-hydrogen) atoms. The molecule has 1 saturated heterocycles. The zero-order valence-electron chi connectivity index (χ0n) is 32.0. The standard InChI is InChI=1S/C42H46N8O5/c1-42(2,3)55-41(52)49-20-10-13-32(26-49)50-38-34(30-23-45-48(4)25-30)24-44-39(43-22-29-18-19-33(53-5)21-35(29)54-6)36(38)37(47-50)27-14-16-28(17-15-27)40(51)46-31-11-8-7-9-12-31/h7-9,11-12,14-19,21,23-25,32H,10,13,20,22,26H2,1-6H3,(H,43,44)(H,46,51)/t32-/m1/s1. The van der Waals surface area contributed by atoms with Crippen molar-refractivity contribution in [1.29, 1.82) is 0 Å². The summed E-state index contributed by atoms with van der Waals surface area (Å²) >= 11 is 0. The van der Waals surface area contributed by atoms with Crippen molar-refractivity contribution in [2.45, 2.75) is 51.8 Å². The number of benzene rings is 3. The van der Waals surface area contributed by atoms with Crippen molar-refractivity contribution in [3.8, 4) is 33.9 Å². The molecule has 13 heteroatoms. The molecule has 4 heterocycles. The van der Waals surface area contributed by atoms with Crippen molar-refractivity contribution in [3.05, 3.63) is 103 Å². The van der Waals surface area contributed by atoms with Crippen molar-refractivity contribution in [2.24, 2.45) is 7.05 Å². The number of anilines is 2. The van der Waals surface area contributed by atoms with E-state index in [4.69, 9.17) is 24.3 Å². The predicted molar refractivity (Wildman–Crippen MR) is 213 cm³/mol. The molecule has 284 valence electrons. The third-order valence-electron chi connectivity index (χ3n) is 9.53. The molecule has 0 radical (unpaired) electrons. The fraction of sp³-hybridized carbons (Fsp3) is 0.310. The maximum Gasteiger partial charge on any atom is 0.410 e. The number of piperidine rings is 1. The lowest BCUT2D eigenvalue weighted by Crippen LogP contribution is -2.43. The quantitative estimate of drug-likeness (QED) is 0.143. The van der Waals surface area contributed by atoms with Crippen LogP contribution in [-0.4, -0.2) is 74.4 Å². The van der Waals surface area contributed by atoms with Gasteiger partial charge in [-0.15, -0.1) is 0 Å². The number of nitrogens with zero attached hydrogens (tertiary/aromatic N) is 6. The zero-order valence-corrected chi connectivity index (χ0v) is 32.0. The lowest BCUT2D eigenvalue weighted by atomic mass is 10.0. The number of hydrogen-bond acceptors (Lipinski definition) is 9. The number of carbonyl (C=O) groups is 2. The third kappa shape index (κ3) is 8.10. The van der Waals surface area contributed by atoms with Crippen LogP contribution >= 0.6 is 0 Å². The van der Waals surface area contributed by atoms with Crippen LogP contribution in [0.25, 0.3) is 33.3 Å². The van der Waals surface area contributed by atoms with Crippen LogP contribution in [-0.2, 0) is 18.3 Å². The maximum absolute atomic E-state index is 13.3. The van der Waals surface area contributed by atoms with Crippen molar-refractivity contribution in [2.75, 3.05) is 37.9 Å². The molecule has 1 fully saturated rings. The molecule has 0 bridgehead atoms. The summed E-state index contributed by atoms with van der Waals surface area (Å²) in [6.45, 7) is 7.04. The molecule has 1 aliphatic heterocycles. The minimum Gasteiger partial charge on any atom is -0.497 e. The van der Waals surface area contributed by atoms with Gasteiger partial charge in [-0.3, -0.25) is 14.2 Å². The number of hydrogen-bond donors (Lipinski definition) is 2. The van der Waals surface area contributed by atoms with Gasteiger partial charge in [0.05, 0.1) is 37.4 Å². The van der Waals surface area contributed by atoms with Gasteiger partial charge in [0.1, 0.15) is 28.6 Å². The van der Waals surface area contributed by atoms with Gasteiger partial charge in [-0.2, -0.15) is 10.2 Å². The molecule has 13 nitrogen and oxygen atoms in total. The Morgan fingerprint density at radius 1 is 0.945 bits per heavy atom. The lowest BCUT2D eigenvalue weighted by Gasteiger charge is -2.34. The minimum absolute atomic E-state index is 0.166. The number of likely N-dealkylation sites (tertiary alicyclic amines) is 1. The highest BCUT2D eigenvalue weighted by Gasteiger charge is 2.32. The SMILES string of the molecule is COc1ccc(CNc2ncc(-c3cnn(C)c3)c3c2c(-c2ccc(C(=O)Nc4ccccc4)cc2)nn3[C@@H]2CCCN(C(=O)OC(C)(C)C)C2)c(OC)c1. The number of pyridine rings is 1. The van der Waals surface area contributed by atoms with Gasteiger partial charge in [0.2, 0.25) is 0 Å². The van der Waals surface area contributed by atoms with E-state index in [9.17, 15) is 9.59 Å². The van der Waals surface area contributed by atoms with E-state index < -0.39 is 5.60 Å². The molecular weight excluding hydrogens is 697 g/mol. The van der Waals surface area contributed by atoms with Crippen LogP contribution in [0.4, 0.5) is 16.3 Å². The second kappa shape index (κ2) is 15.5. The van der Waals surface area contributed by atoms with E-state index in [1.807, 2.05) is 112 Å². The largest absolute Gasteiger partial charge is 0.497 e. The van der Waals surface area contributed by atoms with E-state index in [2.05, 4.69) is 15.7 Å². The molecule has 3 aromatic carbocycles. The molecular formula is C42H46N8O5. The second-order valence-electron chi connectivity index (χ2n) is 14.6. The van der Waals surface area contributed by atoms with Crippen molar-refractivity contribution >= 4 is 34.4 Å². The van der Waals surface area contributed by atoms with Crippen molar-refractivity contribution in [1.82, 2.24) is 29.4 Å². The van der Waals surface area contributed by atoms with Crippen LogP contribution in [0, 0.1) is 0 Å². The van der Waals surface area contributed by atoms with Gasteiger partial charge in [0.15, 0.2) is 0 Å². The topological polar surface area (TPSA) is 138 Å². The molecule has 6 aromatic rings. The van der Waals surface area contributed by atoms with E-state index in [0.29, 0.717) is 53.9 Å². The number of fused-ring (bicyclic) bond motifs is 1. The second-order valence-corrected chi connectivity index (χ2v) is 14.6. The molecule has 2 N–H and O–H groups in total. The molecule has 3 aromatic heterocycles. The number of rotatable bonds is 10. The Kier molecular flexibility index (Phi) is 10.4. The summed E-state index contributed by atoms with van der Waals surface area (Å²) in [6.07, 6.45) is 6.85. The van der Waals surface area contributed by atoms with Crippen molar-refractivity contribution < 1.29 is 23.8 Å². The van der Waals surface area contributed by atoms with Crippen LogP contribution in [0.1, 0.15) is 55.6 Å². The van der Waals surface area contributed by atoms with E-state index in [-0.39, 0.29) is 18.0 Å². The van der Waals surface area contributed by atoms with Crippen molar-refractivity contribution in [3.63, 3.8) is 0 Å². The van der Waals surface area contributed by atoms with Gasteiger partial charge in [-0.25, -0.2) is 9.78 Å². The number of carbonyl (C=O) groups excluding carboxylic acids is 2. The monoisotopic (exact) mass is 742 g/mol. The van der Waals surface area contributed by atoms with Crippen LogP contribution in [0.2, 0.25) is 0 Å². The summed E-state index contributed by atoms with van der Waals surface area (Å²) in [5.74, 6) is 1.78. The smallest absolute Gasteiger partial charge is 0.410 e. The van der Waals surface area contributed by atoms with Crippen LogP contribution < -0.4 is 20.1 Å². The Morgan fingerprint density at radius 3 is 2.42 bits per heavy atom. The summed E-state index contributed by atoms with van der Waals surface area (Å²) in [5.41, 5.74) is 5.58. The first-order valence-electron chi connectivity index (χ1n) is 18.3. The third-order valence-corrected chi connectivity index (χ3v) is 9.53. The fourth-order valence-corrected chi connectivity index (χ4v) is 6.87. The molecule has 0 unspecified atom stereocenters. The zero-order chi connectivity index (χ0) is 38.7. The number of para-hydroxylation sites is 1. The Balaban J connectivity index is 1.35. The van der Waals surface area contributed by atoms with Gasteiger partial charge in [0.25, 0.3) is 5.91 Å². The normalized spacial score (nSPS) is 14.4. The average Bonchev–Trinajstić information content (AvgIpc) is 3.81. The first-order chi connectivity index (χ1) is 26.5. The Hall–Kier alpha value is -6.37. The predicted octanol–water partition coefficient (Wildman–Crippen LogP) is 7.95. The van der Waals surface area contributed by atoms with Gasteiger partial charge >= 0.3 is 6.09 Å².